The molecule has 0 fully saturated rings. The van der Waals surface area contributed by atoms with Crippen molar-refractivity contribution in [3.05, 3.63) is 66.1 Å². The van der Waals surface area contributed by atoms with Crippen molar-refractivity contribution in [2.45, 2.75) is 11.9 Å². The molecular formula is C16H13BrN2O. The van der Waals surface area contributed by atoms with Gasteiger partial charge in [0.1, 0.15) is 12.4 Å². The Kier molecular flexibility index (Phi) is 3.92. The van der Waals surface area contributed by atoms with E-state index in [0.29, 0.717) is 6.61 Å². The second-order valence-electron chi connectivity index (χ2n) is 4.44. The third kappa shape index (κ3) is 2.96. The fourth-order valence-electron chi connectivity index (χ4n) is 1.96. The lowest BCUT2D eigenvalue weighted by Gasteiger charge is -2.07. The summed E-state index contributed by atoms with van der Waals surface area (Å²) in [5.74, 6) is 0.779. The summed E-state index contributed by atoms with van der Waals surface area (Å²) in [5, 5.41) is 1.88. The van der Waals surface area contributed by atoms with E-state index in [1.165, 1.54) is 0 Å². The van der Waals surface area contributed by atoms with E-state index in [1.807, 2.05) is 30.3 Å². The predicted molar refractivity (Wildman–Crippen MR) is 82.9 cm³/mol. The van der Waals surface area contributed by atoms with Crippen LogP contribution in [0.15, 0.2) is 54.9 Å². The van der Waals surface area contributed by atoms with Crippen molar-refractivity contribution >= 4 is 26.8 Å². The van der Waals surface area contributed by atoms with Crippen LogP contribution in [0, 0.1) is 0 Å². The molecule has 0 spiro atoms. The highest BCUT2D eigenvalue weighted by Gasteiger charge is 2.00. The van der Waals surface area contributed by atoms with Gasteiger partial charge in [0.2, 0.25) is 0 Å². The highest BCUT2D eigenvalue weighted by atomic mass is 79.9. The fourth-order valence-corrected chi connectivity index (χ4v) is 2.29. The highest BCUT2D eigenvalue weighted by Crippen LogP contribution is 2.16. The van der Waals surface area contributed by atoms with Gasteiger partial charge < -0.3 is 4.74 Å². The second-order valence-corrected chi connectivity index (χ2v) is 5.00. The van der Waals surface area contributed by atoms with Crippen LogP contribution in [0.4, 0.5) is 0 Å². The molecule has 0 saturated heterocycles. The minimum absolute atomic E-state index is 0.528. The van der Waals surface area contributed by atoms with E-state index >= 15 is 0 Å². The van der Waals surface area contributed by atoms with Crippen molar-refractivity contribution in [1.29, 1.82) is 0 Å². The molecular weight excluding hydrogens is 316 g/mol. The number of fused-ring (bicyclic) bond motifs is 1. The summed E-state index contributed by atoms with van der Waals surface area (Å²) < 4.78 is 5.74. The number of pyridine rings is 2. The van der Waals surface area contributed by atoms with Gasteiger partial charge in [0.25, 0.3) is 0 Å². The molecule has 0 bridgehead atoms. The summed E-state index contributed by atoms with van der Waals surface area (Å²) in [6.07, 6.45) is 3.55. The molecule has 0 unspecified atom stereocenters. The van der Waals surface area contributed by atoms with Crippen LogP contribution in [0.1, 0.15) is 11.3 Å². The largest absolute Gasteiger partial charge is 0.487 e. The topological polar surface area (TPSA) is 35.0 Å². The maximum absolute atomic E-state index is 5.74. The van der Waals surface area contributed by atoms with Crippen LogP contribution in [-0.2, 0) is 11.9 Å². The quantitative estimate of drug-likeness (QED) is 0.676. The van der Waals surface area contributed by atoms with Gasteiger partial charge in [-0.25, -0.2) is 0 Å². The van der Waals surface area contributed by atoms with E-state index in [0.717, 1.165) is 33.2 Å². The zero-order valence-corrected chi connectivity index (χ0v) is 12.4. The summed E-state index contributed by atoms with van der Waals surface area (Å²) >= 11 is 3.37. The molecule has 3 rings (SSSR count). The molecule has 0 aliphatic carbocycles. The number of halogens is 1. The standard InChI is InChI=1S/C16H13BrN2O/c17-9-14-4-5-15(10-19-14)20-11-12-3-6-16-13(8-12)2-1-7-18-16/h1-8,10H,9,11H2. The molecule has 20 heavy (non-hydrogen) atoms. The number of rotatable bonds is 4. The Morgan fingerprint density at radius 3 is 2.80 bits per heavy atom. The lowest BCUT2D eigenvalue weighted by Crippen LogP contribution is -1.96. The van der Waals surface area contributed by atoms with Crippen LogP contribution in [-0.4, -0.2) is 9.97 Å². The molecule has 3 aromatic rings. The predicted octanol–water partition coefficient (Wildman–Crippen LogP) is 4.10. The van der Waals surface area contributed by atoms with Gasteiger partial charge in [0.15, 0.2) is 0 Å². The van der Waals surface area contributed by atoms with Crippen LogP contribution >= 0.6 is 15.9 Å². The molecule has 0 radical (unpaired) electrons. The van der Waals surface area contributed by atoms with E-state index in [1.54, 1.807) is 12.4 Å². The average Bonchev–Trinajstić information content (AvgIpc) is 2.53. The lowest BCUT2D eigenvalue weighted by molar-refractivity contribution is 0.305. The fraction of sp³-hybridized carbons (Fsp3) is 0.125. The first-order valence-electron chi connectivity index (χ1n) is 6.32. The number of benzene rings is 1. The lowest BCUT2D eigenvalue weighted by atomic mass is 10.1. The molecule has 2 heterocycles. The van der Waals surface area contributed by atoms with Gasteiger partial charge in [-0.3, -0.25) is 9.97 Å². The first kappa shape index (κ1) is 13.1. The van der Waals surface area contributed by atoms with Crippen molar-refractivity contribution < 1.29 is 4.74 Å². The summed E-state index contributed by atoms with van der Waals surface area (Å²) in [6.45, 7) is 0.528. The molecule has 0 saturated carbocycles. The van der Waals surface area contributed by atoms with Gasteiger partial charge in [-0.05, 0) is 35.9 Å². The van der Waals surface area contributed by atoms with Crippen LogP contribution in [0.3, 0.4) is 0 Å². The first-order chi connectivity index (χ1) is 9.85. The van der Waals surface area contributed by atoms with Crippen molar-refractivity contribution in [1.82, 2.24) is 9.97 Å². The van der Waals surface area contributed by atoms with Gasteiger partial charge in [-0.15, -0.1) is 0 Å². The Morgan fingerprint density at radius 2 is 2.00 bits per heavy atom. The second kappa shape index (κ2) is 6.01. The van der Waals surface area contributed by atoms with E-state index < -0.39 is 0 Å². The number of ether oxygens (including phenoxy) is 1. The number of aromatic nitrogens is 2. The SMILES string of the molecule is BrCc1ccc(OCc2ccc3ncccc3c2)cn1. The molecule has 0 N–H and O–H groups in total. The van der Waals surface area contributed by atoms with Crippen molar-refractivity contribution in [3.8, 4) is 5.75 Å². The Morgan fingerprint density at radius 1 is 1.05 bits per heavy atom. The number of hydrogen-bond donors (Lipinski definition) is 0. The first-order valence-corrected chi connectivity index (χ1v) is 7.44. The monoisotopic (exact) mass is 328 g/mol. The maximum Gasteiger partial charge on any atom is 0.138 e. The van der Waals surface area contributed by atoms with Crippen LogP contribution < -0.4 is 4.74 Å². The Bertz CT molecular complexity index is 713. The minimum atomic E-state index is 0.528. The van der Waals surface area contributed by atoms with E-state index in [9.17, 15) is 0 Å². The summed E-state index contributed by atoms with van der Waals surface area (Å²) in [5.41, 5.74) is 3.11. The molecule has 0 atom stereocenters. The zero-order chi connectivity index (χ0) is 13.8. The van der Waals surface area contributed by atoms with Crippen molar-refractivity contribution in [2.24, 2.45) is 0 Å². The summed E-state index contributed by atoms with van der Waals surface area (Å²) in [6, 6.07) is 14.0. The number of hydrogen-bond acceptors (Lipinski definition) is 3. The normalized spacial score (nSPS) is 10.7. The van der Waals surface area contributed by atoms with Crippen LogP contribution in [0.5, 0.6) is 5.75 Å². The number of alkyl halides is 1. The summed E-state index contributed by atoms with van der Waals surface area (Å²) in [7, 11) is 0. The third-order valence-corrected chi connectivity index (χ3v) is 3.58. The molecule has 3 nitrogen and oxygen atoms in total. The Hall–Kier alpha value is -1.94. The third-order valence-electron chi connectivity index (χ3n) is 3.01. The van der Waals surface area contributed by atoms with Crippen LogP contribution in [0.2, 0.25) is 0 Å². The molecule has 100 valence electrons. The molecule has 2 aromatic heterocycles. The molecule has 0 amide bonds. The van der Waals surface area contributed by atoms with E-state index in [4.69, 9.17) is 4.74 Å². The summed E-state index contributed by atoms with van der Waals surface area (Å²) in [4.78, 5) is 8.58. The zero-order valence-electron chi connectivity index (χ0n) is 10.8. The maximum atomic E-state index is 5.74. The van der Waals surface area contributed by atoms with Gasteiger partial charge in [-0.2, -0.15) is 0 Å². The van der Waals surface area contributed by atoms with Gasteiger partial charge in [0, 0.05) is 16.9 Å². The van der Waals surface area contributed by atoms with Gasteiger partial charge in [-0.1, -0.05) is 28.1 Å². The van der Waals surface area contributed by atoms with E-state index in [2.05, 4.69) is 38.0 Å². The Labute approximate surface area is 125 Å². The molecule has 0 aliphatic rings. The van der Waals surface area contributed by atoms with Crippen molar-refractivity contribution in [3.63, 3.8) is 0 Å². The van der Waals surface area contributed by atoms with Gasteiger partial charge in [0.05, 0.1) is 17.4 Å². The molecule has 4 heteroatoms. The molecule has 1 aromatic carbocycles. The highest BCUT2D eigenvalue weighted by molar-refractivity contribution is 9.08. The smallest absolute Gasteiger partial charge is 0.138 e. The van der Waals surface area contributed by atoms with Gasteiger partial charge >= 0.3 is 0 Å². The van der Waals surface area contributed by atoms with Crippen LogP contribution in [0.25, 0.3) is 10.9 Å². The average molecular weight is 329 g/mol. The van der Waals surface area contributed by atoms with E-state index in [-0.39, 0.29) is 0 Å². The Balaban J connectivity index is 1.72. The number of nitrogens with zero attached hydrogens (tertiary/aromatic N) is 2. The minimum Gasteiger partial charge on any atom is -0.487 e. The van der Waals surface area contributed by atoms with Crippen molar-refractivity contribution in [2.75, 3.05) is 0 Å². The molecule has 0 aliphatic heterocycles.